The highest BCUT2D eigenvalue weighted by Crippen LogP contribution is 2.38. The SMILES string of the molecule is O=S(=O)(F)C1CCCCC1(F)F. The number of alkyl halides is 2. The molecular formula is C6H9F3O2S. The molecule has 0 heterocycles. The van der Waals surface area contributed by atoms with Crippen LogP contribution in [0.2, 0.25) is 0 Å². The molecule has 1 aliphatic carbocycles. The number of hydrogen-bond acceptors (Lipinski definition) is 2. The molecule has 0 aliphatic heterocycles. The van der Waals surface area contributed by atoms with Crippen LogP contribution < -0.4 is 0 Å². The highest BCUT2D eigenvalue weighted by molar-refractivity contribution is 7.87. The van der Waals surface area contributed by atoms with Crippen LogP contribution in [-0.4, -0.2) is 19.6 Å². The highest BCUT2D eigenvalue weighted by Gasteiger charge is 2.49. The minimum atomic E-state index is -5.08. The second kappa shape index (κ2) is 2.90. The van der Waals surface area contributed by atoms with Gasteiger partial charge in [0.2, 0.25) is 0 Å². The summed E-state index contributed by atoms with van der Waals surface area (Å²) in [6, 6.07) is 0. The summed E-state index contributed by atoms with van der Waals surface area (Å²) >= 11 is 0. The van der Waals surface area contributed by atoms with Crippen LogP contribution in [0.3, 0.4) is 0 Å². The van der Waals surface area contributed by atoms with Crippen LogP contribution in [0.25, 0.3) is 0 Å². The minimum Gasteiger partial charge on any atom is -0.205 e. The van der Waals surface area contributed by atoms with Crippen molar-refractivity contribution in [2.45, 2.75) is 36.9 Å². The van der Waals surface area contributed by atoms with Crippen molar-refractivity contribution < 1.29 is 21.1 Å². The third-order valence-electron chi connectivity index (χ3n) is 2.04. The fourth-order valence-corrected chi connectivity index (χ4v) is 2.39. The van der Waals surface area contributed by atoms with E-state index in [0.29, 0.717) is 6.42 Å². The van der Waals surface area contributed by atoms with E-state index in [4.69, 9.17) is 0 Å². The summed E-state index contributed by atoms with van der Waals surface area (Å²) in [7, 11) is -5.08. The van der Waals surface area contributed by atoms with Gasteiger partial charge < -0.3 is 0 Å². The van der Waals surface area contributed by atoms with E-state index in [-0.39, 0.29) is 12.8 Å². The van der Waals surface area contributed by atoms with E-state index in [1.165, 1.54) is 0 Å². The molecule has 0 saturated heterocycles. The van der Waals surface area contributed by atoms with E-state index in [1.54, 1.807) is 0 Å². The first-order valence-corrected chi connectivity index (χ1v) is 5.10. The zero-order valence-electron chi connectivity index (χ0n) is 6.26. The summed E-state index contributed by atoms with van der Waals surface area (Å²) in [5, 5.41) is -2.11. The molecule has 6 heteroatoms. The molecule has 2 nitrogen and oxygen atoms in total. The Morgan fingerprint density at radius 3 is 2.17 bits per heavy atom. The van der Waals surface area contributed by atoms with Gasteiger partial charge in [0.15, 0.2) is 5.25 Å². The minimum absolute atomic E-state index is 0.263. The van der Waals surface area contributed by atoms with Gasteiger partial charge in [0.05, 0.1) is 0 Å². The van der Waals surface area contributed by atoms with Crippen molar-refractivity contribution in [1.82, 2.24) is 0 Å². The third-order valence-corrected chi connectivity index (χ3v) is 3.30. The van der Waals surface area contributed by atoms with Gasteiger partial charge in [-0.25, -0.2) is 8.78 Å². The quantitative estimate of drug-likeness (QED) is 0.608. The lowest BCUT2D eigenvalue weighted by molar-refractivity contribution is -0.0305. The zero-order chi connectivity index (χ0) is 9.41. The van der Waals surface area contributed by atoms with Crippen molar-refractivity contribution >= 4 is 10.2 Å². The fourth-order valence-electron chi connectivity index (χ4n) is 1.41. The maximum Gasteiger partial charge on any atom is 0.311 e. The monoisotopic (exact) mass is 202 g/mol. The van der Waals surface area contributed by atoms with Gasteiger partial charge in [-0.05, 0) is 12.8 Å². The lowest BCUT2D eigenvalue weighted by Gasteiger charge is -2.27. The summed E-state index contributed by atoms with van der Waals surface area (Å²) in [6.07, 6.45) is -0.185. The molecule has 0 amide bonds. The Morgan fingerprint density at radius 2 is 1.83 bits per heavy atom. The molecule has 1 saturated carbocycles. The molecule has 1 unspecified atom stereocenters. The van der Waals surface area contributed by atoms with Crippen molar-refractivity contribution in [2.24, 2.45) is 0 Å². The molecule has 0 aromatic carbocycles. The van der Waals surface area contributed by atoms with E-state index in [2.05, 4.69) is 0 Å². The molecule has 0 aromatic rings. The van der Waals surface area contributed by atoms with Crippen LogP contribution in [0.4, 0.5) is 12.7 Å². The highest BCUT2D eigenvalue weighted by atomic mass is 32.3. The first kappa shape index (κ1) is 9.83. The summed E-state index contributed by atoms with van der Waals surface area (Å²) in [6.45, 7) is 0. The van der Waals surface area contributed by atoms with Gasteiger partial charge in [-0.15, -0.1) is 3.89 Å². The van der Waals surface area contributed by atoms with Gasteiger partial charge in [0, 0.05) is 6.42 Å². The summed E-state index contributed by atoms with van der Waals surface area (Å²) in [4.78, 5) is 0. The second-order valence-corrected chi connectivity index (χ2v) is 4.49. The number of halogens is 3. The van der Waals surface area contributed by atoms with Crippen molar-refractivity contribution in [3.8, 4) is 0 Å². The van der Waals surface area contributed by atoms with Gasteiger partial charge in [0.25, 0.3) is 5.92 Å². The van der Waals surface area contributed by atoms with Gasteiger partial charge in [-0.1, -0.05) is 6.42 Å². The van der Waals surface area contributed by atoms with Gasteiger partial charge in [-0.3, -0.25) is 0 Å². The topological polar surface area (TPSA) is 34.1 Å². The Balaban J connectivity index is 2.88. The first-order chi connectivity index (χ1) is 5.34. The van der Waals surface area contributed by atoms with E-state index in [9.17, 15) is 21.1 Å². The van der Waals surface area contributed by atoms with Crippen LogP contribution in [0.1, 0.15) is 25.7 Å². The Kier molecular flexibility index (Phi) is 2.38. The molecule has 0 N–H and O–H groups in total. The molecular weight excluding hydrogens is 193 g/mol. The Hall–Kier alpha value is -0.260. The predicted molar refractivity (Wildman–Crippen MR) is 37.2 cm³/mol. The van der Waals surface area contributed by atoms with Crippen molar-refractivity contribution in [1.29, 1.82) is 0 Å². The van der Waals surface area contributed by atoms with Crippen LogP contribution in [0.15, 0.2) is 0 Å². The van der Waals surface area contributed by atoms with Crippen molar-refractivity contribution in [3.63, 3.8) is 0 Å². The smallest absolute Gasteiger partial charge is 0.205 e. The van der Waals surface area contributed by atoms with E-state index < -0.39 is 27.8 Å². The van der Waals surface area contributed by atoms with Crippen molar-refractivity contribution in [3.05, 3.63) is 0 Å². The standard InChI is InChI=1S/C6H9F3O2S/c7-6(8)4-2-1-3-5(6)12(9,10)11/h5H,1-4H2. The van der Waals surface area contributed by atoms with Gasteiger partial charge >= 0.3 is 10.2 Å². The van der Waals surface area contributed by atoms with E-state index >= 15 is 0 Å². The molecule has 1 rings (SSSR count). The van der Waals surface area contributed by atoms with Crippen LogP contribution >= 0.6 is 0 Å². The van der Waals surface area contributed by atoms with Gasteiger partial charge in [-0.2, -0.15) is 8.42 Å². The molecule has 0 aromatic heterocycles. The fraction of sp³-hybridized carbons (Fsp3) is 1.00. The Labute approximate surface area is 69.0 Å². The molecule has 0 bridgehead atoms. The Morgan fingerprint density at radius 1 is 1.25 bits per heavy atom. The molecule has 12 heavy (non-hydrogen) atoms. The molecule has 1 fully saturated rings. The largest absolute Gasteiger partial charge is 0.311 e. The predicted octanol–water partition coefficient (Wildman–Crippen LogP) is 1.86. The lowest BCUT2D eigenvalue weighted by atomic mass is 9.96. The Bertz CT molecular complexity index is 260. The third kappa shape index (κ3) is 1.91. The summed E-state index contributed by atoms with van der Waals surface area (Å²) in [5.41, 5.74) is 0. The lowest BCUT2D eigenvalue weighted by Crippen LogP contribution is -2.40. The molecule has 0 spiro atoms. The summed E-state index contributed by atoms with van der Waals surface area (Å²) in [5.74, 6) is -3.38. The number of rotatable bonds is 1. The second-order valence-electron chi connectivity index (χ2n) is 2.97. The molecule has 1 aliphatic rings. The van der Waals surface area contributed by atoms with Crippen LogP contribution in [-0.2, 0) is 10.2 Å². The van der Waals surface area contributed by atoms with Crippen LogP contribution in [0, 0.1) is 0 Å². The average Bonchev–Trinajstić information content (AvgIpc) is 1.83. The first-order valence-electron chi connectivity index (χ1n) is 3.65. The van der Waals surface area contributed by atoms with Crippen molar-refractivity contribution in [2.75, 3.05) is 0 Å². The summed E-state index contributed by atoms with van der Waals surface area (Å²) < 4.78 is 58.3. The molecule has 0 radical (unpaired) electrons. The van der Waals surface area contributed by atoms with E-state index in [1.807, 2.05) is 0 Å². The normalized spacial score (nSPS) is 30.1. The van der Waals surface area contributed by atoms with Crippen LogP contribution in [0.5, 0.6) is 0 Å². The van der Waals surface area contributed by atoms with Gasteiger partial charge in [0.1, 0.15) is 0 Å². The number of hydrogen-bond donors (Lipinski definition) is 0. The maximum atomic E-state index is 12.7. The van der Waals surface area contributed by atoms with E-state index in [0.717, 1.165) is 0 Å². The molecule has 72 valence electrons. The maximum absolute atomic E-state index is 12.7. The molecule has 1 atom stereocenters. The zero-order valence-corrected chi connectivity index (χ0v) is 7.08. The average molecular weight is 202 g/mol.